The van der Waals surface area contributed by atoms with Crippen LogP contribution in [0.4, 0.5) is 0 Å². The minimum absolute atomic E-state index is 0.0474. The molecule has 12 nitrogen and oxygen atoms in total. The molecule has 1 fully saturated rings. The van der Waals surface area contributed by atoms with Crippen LogP contribution >= 0.6 is 0 Å². The molecule has 12 heteroatoms. The van der Waals surface area contributed by atoms with Crippen LogP contribution < -0.4 is 0 Å². The first kappa shape index (κ1) is 71.7. The molecule has 1 saturated heterocycles. The zero-order valence-electron chi connectivity index (χ0n) is 49.2. The molecular formula is C65H114O12. The van der Waals surface area contributed by atoms with Gasteiger partial charge in [0, 0.05) is 19.3 Å². The Labute approximate surface area is 469 Å². The molecule has 0 spiro atoms. The molecule has 0 aromatic heterocycles. The van der Waals surface area contributed by atoms with E-state index < -0.39 is 67.3 Å². The van der Waals surface area contributed by atoms with Gasteiger partial charge in [-0.05, 0) is 83.5 Å². The summed E-state index contributed by atoms with van der Waals surface area (Å²) in [6.07, 6.45) is 52.1. The van der Waals surface area contributed by atoms with Crippen molar-refractivity contribution in [3.8, 4) is 0 Å². The van der Waals surface area contributed by atoms with E-state index in [-0.39, 0.29) is 25.9 Å². The Bertz CT molecular complexity index is 1520. The Morgan fingerprint density at radius 3 is 1.22 bits per heavy atom. The van der Waals surface area contributed by atoms with Crippen LogP contribution in [0, 0.1) is 0 Å². The molecule has 0 bridgehead atoms. The minimum Gasteiger partial charge on any atom is -0.479 e. The molecule has 1 aliphatic heterocycles. The lowest BCUT2D eigenvalue weighted by Gasteiger charge is -2.40. The van der Waals surface area contributed by atoms with Crippen molar-refractivity contribution in [3.05, 3.63) is 48.6 Å². The minimum atomic E-state index is -1.91. The summed E-state index contributed by atoms with van der Waals surface area (Å²) in [7, 11) is 0. The first-order chi connectivity index (χ1) is 37.6. The van der Waals surface area contributed by atoms with Crippen LogP contribution in [0.15, 0.2) is 48.6 Å². The van der Waals surface area contributed by atoms with E-state index in [9.17, 15) is 34.5 Å². The van der Waals surface area contributed by atoms with E-state index in [1.807, 2.05) is 0 Å². The van der Waals surface area contributed by atoms with E-state index in [1.54, 1.807) is 0 Å². The van der Waals surface area contributed by atoms with Crippen molar-refractivity contribution in [2.45, 2.75) is 327 Å². The van der Waals surface area contributed by atoms with Gasteiger partial charge < -0.3 is 39.0 Å². The summed E-state index contributed by atoms with van der Waals surface area (Å²) in [6.45, 7) is 5.97. The highest BCUT2D eigenvalue weighted by Gasteiger charge is 2.50. The summed E-state index contributed by atoms with van der Waals surface area (Å²) in [6, 6.07) is 0. The monoisotopic (exact) mass is 1090 g/mol. The number of carbonyl (C=O) groups is 4. The molecule has 0 aromatic carbocycles. The first-order valence-corrected chi connectivity index (χ1v) is 31.6. The average molecular weight is 1090 g/mol. The van der Waals surface area contributed by atoms with E-state index in [4.69, 9.17) is 23.7 Å². The highest BCUT2D eigenvalue weighted by Crippen LogP contribution is 2.27. The Kier molecular flexibility index (Phi) is 49.7. The van der Waals surface area contributed by atoms with Gasteiger partial charge in [0.2, 0.25) is 0 Å². The predicted molar refractivity (Wildman–Crippen MR) is 312 cm³/mol. The number of esters is 3. The van der Waals surface area contributed by atoms with E-state index >= 15 is 0 Å². The van der Waals surface area contributed by atoms with Gasteiger partial charge in [0.25, 0.3) is 0 Å². The molecule has 0 amide bonds. The predicted octanol–water partition coefficient (Wildman–Crippen LogP) is 16.6. The van der Waals surface area contributed by atoms with Crippen LogP contribution in [-0.4, -0.2) is 89.2 Å². The Balaban J connectivity index is 2.64. The fourth-order valence-corrected chi connectivity index (χ4v) is 9.49. The molecule has 0 aromatic rings. The van der Waals surface area contributed by atoms with Gasteiger partial charge >= 0.3 is 23.9 Å². The maximum atomic E-state index is 13.1. The third-order valence-corrected chi connectivity index (χ3v) is 14.4. The van der Waals surface area contributed by atoms with Crippen molar-refractivity contribution < 1.29 is 58.2 Å². The molecule has 0 aliphatic carbocycles. The molecule has 6 atom stereocenters. The van der Waals surface area contributed by atoms with Crippen molar-refractivity contribution in [2.75, 3.05) is 13.2 Å². The Morgan fingerprint density at radius 1 is 0.429 bits per heavy atom. The summed E-state index contributed by atoms with van der Waals surface area (Å²) < 4.78 is 28.5. The molecule has 1 aliphatic rings. The van der Waals surface area contributed by atoms with Crippen LogP contribution in [0.5, 0.6) is 0 Å². The summed E-state index contributed by atoms with van der Waals surface area (Å²) in [5.74, 6) is -3.12. The standard InChI is InChI=1S/C65H114O12/c1-4-7-10-13-16-19-22-24-26-28-29-31-33-35-38-41-44-47-50-53-59(68)76-63-61(70)60(69)62(64(71)72)77-65(63)74-55-56(75-58(67)52-49-46-43-40-36-21-18-15-12-9-6-3)54-73-57(66)51-48-45-42-39-37-34-32-30-27-25-23-20-17-14-11-8-5-2/h16,19,24-27,29,31,56,60-63,65,69-70H,4-15,17-18,20-23,28,30,32-55H2,1-3H3,(H,71,72)/b19-16-,26-24-,27-25-,31-29-. The summed E-state index contributed by atoms with van der Waals surface area (Å²) in [5.41, 5.74) is 0. The van der Waals surface area contributed by atoms with Crippen molar-refractivity contribution in [2.24, 2.45) is 0 Å². The van der Waals surface area contributed by atoms with Crippen molar-refractivity contribution in [3.63, 3.8) is 0 Å². The second kappa shape index (κ2) is 53.3. The van der Waals surface area contributed by atoms with Crippen LogP contribution in [0.2, 0.25) is 0 Å². The number of allylic oxidation sites excluding steroid dienone is 8. The van der Waals surface area contributed by atoms with Gasteiger partial charge in [-0.1, -0.05) is 236 Å². The molecule has 1 rings (SSSR count). The van der Waals surface area contributed by atoms with Gasteiger partial charge in [0.1, 0.15) is 18.8 Å². The van der Waals surface area contributed by atoms with Gasteiger partial charge in [0.15, 0.2) is 24.6 Å². The number of carboxylic acids is 1. The van der Waals surface area contributed by atoms with Crippen molar-refractivity contribution in [1.82, 2.24) is 0 Å². The maximum Gasteiger partial charge on any atom is 0.335 e. The lowest BCUT2D eigenvalue weighted by atomic mass is 9.98. The number of rotatable bonds is 54. The second-order valence-corrected chi connectivity index (χ2v) is 21.7. The number of unbranched alkanes of at least 4 members (excludes halogenated alkanes) is 32. The molecule has 1 heterocycles. The lowest BCUT2D eigenvalue weighted by molar-refractivity contribution is -0.301. The number of aliphatic hydroxyl groups is 2. The van der Waals surface area contributed by atoms with Gasteiger partial charge in [-0.3, -0.25) is 14.4 Å². The molecule has 446 valence electrons. The number of ether oxygens (including phenoxy) is 5. The number of carbonyl (C=O) groups excluding carboxylic acids is 3. The Morgan fingerprint density at radius 2 is 0.779 bits per heavy atom. The smallest absolute Gasteiger partial charge is 0.335 e. The fourth-order valence-electron chi connectivity index (χ4n) is 9.49. The topological polar surface area (TPSA) is 175 Å². The summed E-state index contributed by atoms with van der Waals surface area (Å²) in [5, 5.41) is 31.5. The van der Waals surface area contributed by atoms with Gasteiger partial charge in [-0.25, -0.2) is 4.79 Å². The Hall–Kier alpha value is -3.32. The van der Waals surface area contributed by atoms with Gasteiger partial charge in [0.05, 0.1) is 6.61 Å². The number of aliphatic hydroxyl groups excluding tert-OH is 2. The lowest BCUT2D eigenvalue weighted by Crippen LogP contribution is -2.61. The SMILES string of the molecule is CCCCC/C=C\C/C=C\C/C=C\CCCCCCCCC(=O)OC1C(OCC(COC(=O)CCCCCCCCC/C=C\CCCCCCCC)OC(=O)CCCCCCCCCCCCC)OC(C(=O)O)C(O)C1O. The normalized spacial score (nSPS) is 18.3. The van der Waals surface area contributed by atoms with Crippen LogP contribution in [0.1, 0.15) is 290 Å². The number of hydrogen-bond acceptors (Lipinski definition) is 11. The van der Waals surface area contributed by atoms with Crippen LogP contribution in [0.3, 0.4) is 0 Å². The molecule has 6 unspecified atom stereocenters. The van der Waals surface area contributed by atoms with E-state index in [2.05, 4.69) is 69.4 Å². The fraction of sp³-hybridized carbons (Fsp3) is 0.815. The molecule has 0 radical (unpaired) electrons. The van der Waals surface area contributed by atoms with Crippen molar-refractivity contribution in [1.29, 1.82) is 0 Å². The highest BCUT2D eigenvalue weighted by atomic mass is 16.7. The zero-order valence-corrected chi connectivity index (χ0v) is 49.2. The van der Waals surface area contributed by atoms with Crippen molar-refractivity contribution >= 4 is 23.9 Å². The average Bonchev–Trinajstić information content (AvgIpc) is 3.42. The first-order valence-electron chi connectivity index (χ1n) is 31.6. The molecule has 0 saturated carbocycles. The van der Waals surface area contributed by atoms with Gasteiger partial charge in [-0.2, -0.15) is 0 Å². The van der Waals surface area contributed by atoms with E-state index in [0.29, 0.717) is 19.3 Å². The maximum absolute atomic E-state index is 13.1. The third kappa shape index (κ3) is 43.2. The number of carboxylic acid groups (broad SMARTS) is 1. The van der Waals surface area contributed by atoms with E-state index in [0.717, 1.165) is 96.3 Å². The largest absolute Gasteiger partial charge is 0.479 e. The highest BCUT2D eigenvalue weighted by molar-refractivity contribution is 5.74. The second-order valence-electron chi connectivity index (χ2n) is 21.7. The molecular weight excluding hydrogens is 973 g/mol. The third-order valence-electron chi connectivity index (χ3n) is 14.4. The zero-order chi connectivity index (χ0) is 56.1. The van der Waals surface area contributed by atoms with Gasteiger partial charge in [-0.15, -0.1) is 0 Å². The molecule has 77 heavy (non-hydrogen) atoms. The summed E-state index contributed by atoms with van der Waals surface area (Å²) in [4.78, 5) is 51.2. The van der Waals surface area contributed by atoms with Crippen LogP contribution in [-0.2, 0) is 42.9 Å². The van der Waals surface area contributed by atoms with E-state index in [1.165, 1.54) is 135 Å². The summed E-state index contributed by atoms with van der Waals surface area (Å²) >= 11 is 0. The number of hydrogen-bond donors (Lipinski definition) is 3. The quantitative estimate of drug-likeness (QED) is 0.0228. The number of aliphatic carboxylic acids is 1. The molecule has 3 N–H and O–H groups in total. The van der Waals surface area contributed by atoms with Crippen LogP contribution in [0.25, 0.3) is 0 Å².